The maximum atomic E-state index is 6.05. The number of rotatable bonds is 3. The van der Waals surface area contributed by atoms with Gasteiger partial charge in [0.05, 0.1) is 6.04 Å². The highest BCUT2D eigenvalue weighted by molar-refractivity contribution is 7.80. The van der Waals surface area contributed by atoms with Gasteiger partial charge < -0.3 is 10.6 Å². The monoisotopic (exact) mass is 360 g/mol. The van der Waals surface area contributed by atoms with Crippen molar-refractivity contribution in [1.29, 1.82) is 0 Å². The van der Waals surface area contributed by atoms with E-state index in [1.54, 1.807) is 0 Å². The third-order valence-electron chi connectivity index (χ3n) is 4.07. The number of thiocarbonyl (C=S) groups is 1. The number of hydrogen-bond donors (Lipinski definition) is 2. The van der Waals surface area contributed by atoms with E-state index in [1.165, 1.54) is 11.1 Å². The molecule has 0 fully saturated rings. The van der Waals surface area contributed by atoms with Crippen LogP contribution < -0.4 is 10.6 Å². The van der Waals surface area contributed by atoms with Crippen LogP contribution in [0.15, 0.2) is 42.5 Å². The predicted octanol–water partition coefficient (Wildman–Crippen LogP) is 5.99. The first-order valence-corrected chi connectivity index (χ1v) is 8.89. The minimum atomic E-state index is 0.124. The molecular weight excluding hydrogens is 336 g/mol. The van der Waals surface area contributed by atoms with Crippen LogP contribution in [-0.4, -0.2) is 5.11 Å². The van der Waals surface area contributed by atoms with Gasteiger partial charge in [-0.05, 0) is 60.3 Å². The van der Waals surface area contributed by atoms with Crippen molar-refractivity contribution in [2.24, 2.45) is 0 Å². The van der Waals surface area contributed by atoms with Gasteiger partial charge in [-0.15, -0.1) is 0 Å². The van der Waals surface area contributed by atoms with Gasteiger partial charge >= 0.3 is 0 Å². The van der Waals surface area contributed by atoms with Gasteiger partial charge in [0.15, 0.2) is 5.11 Å². The van der Waals surface area contributed by atoms with Crippen LogP contribution >= 0.6 is 23.8 Å². The smallest absolute Gasteiger partial charge is 0.171 e. The summed E-state index contributed by atoms with van der Waals surface area (Å²) >= 11 is 11.5. The fraction of sp³-hybridized carbons (Fsp3) is 0.350. The summed E-state index contributed by atoms with van der Waals surface area (Å²) in [6.45, 7) is 10.8. The second-order valence-electron chi connectivity index (χ2n) is 7.15. The number of hydrogen-bond acceptors (Lipinski definition) is 1. The average Bonchev–Trinajstić information content (AvgIpc) is 2.50. The first-order chi connectivity index (χ1) is 11.2. The molecule has 2 N–H and O–H groups in total. The fourth-order valence-electron chi connectivity index (χ4n) is 2.44. The Kier molecular flexibility index (Phi) is 5.89. The largest absolute Gasteiger partial charge is 0.356 e. The lowest BCUT2D eigenvalue weighted by atomic mass is 9.86. The van der Waals surface area contributed by atoms with Crippen LogP contribution in [0.4, 0.5) is 5.69 Å². The van der Waals surface area contributed by atoms with E-state index in [0.717, 1.165) is 11.3 Å². The zero-order chi connectivity index (χ0) is 17.9. The van der Waals surface area contributed by atoms with E-state index >= 15 is 0 Å². The van der Waals surface area contributed by atoms with Gasteiger partial charge in [0.1, 0.15) is 0 Å². The molecule has 128 valence electrons. The molecule has 0 saturated carbocycles. The van der Waals surface area contributed by atoms with E-state index in [4.69, 9.17) is 23.8 Å². The SMILES string of the molecule is Cc1ccc(Cl)cc1NC(=S)NC(C)c1ccc(C(C)(C)C)cc1. The zero-order valence-electron chi connectivity index (χ0n) is 14.9. The predicted molar refractivity (Wildman–Crippen MR) is 109 cm³/mol. The number of benzene rings is 2. The van der Waals surface area contributed by atoms with Gasteiger partial charge in [0.25, 0.3) is 0 Å². The molecule has 0 heterocycles. The van der Waals surface area contributed by atoms with Crippen molar-refractivity contribution in [3.63, 3.8) is 0 Å². The molecule has 1 unspecified atom stereocenters. The molecular formula is C20H25ClN2S. The normalized spacial score (nSPS) is 12.6. The molecule has 2 nitrogen and oxygen atoms in total. The number of anilines is 1. The summed E-state index contributed by atoms with van der Waals surface area (Å²) < 4.78 is 0. The van der Waals surface area contributed by atoms with Crippen LogP contribution in [0.2, 0.25) is 5.02 Å². The molecule has 1 atom stereocenters. The Bertz CT molecular complexity index is 717. The van der Waals surface area contributed by atoms with Gasteiger partial charge in [0.2, 0.25) is 0 Å². The summed E-state index contributed by atoms with van der Waals surface area (Å²) in [6.07, 6.45) is 0. The Balaban J connectivity index is 2.02. The first kappa shape index (κ1) is 18.8. The lowest BCUT2D eigenvalue weighted by Gasteiger charge is -2.21. The summed E-state index contributed by atoms with van der Waals surface area (Å²) in [4.78, 5) is 0. The highest BCUT2D eigenvalue weighted by atomic mass is 35.5. The van der Waals surface area contributed by atoms with E-state index in [-0.39, 0.29) is 11.5 Å². The van der Waals surface area contributed by atoms with Gasteiger partial charge in [-0.1, -0.05) is 62.7 Å². The maximum Gasteiger partial charge on any atom is 0.171 e. The van der Waals surface area contributed by atoms with Crippen LogP contribution in [0.25, 0.3) is 0 Å². The van der Waals surface area contributed by atoms with Crippen LogP contribution in [0.3, 0.4) is 0 Å². The van der Waals surface area contributed by atoms with Gasteiger partial charge in [0, 0.05) is 10.7 Å². The fourth-order valence-corrected chi connectivity index (χ4v) is 2.90. The van der Waals surface area contributed by atoms with E-state index < -0.39 is 0 Å². The summed E-state index contributed by atoms with van der Waals surface area (Å²) in [5, 5.41) is 7.83. The molecule has 24 heavy (non-hydrogen) atoms. The van der Waals surface area contributed by atoms with Crippen LogP contribution in [-0.2, 0) is 5.41 Å². The average molecular weight is 361 g/mol. The third-order valence-corrected chi connectivity index (χ3v) is 4.53. The molecule has 4 heteroatoms. The molecule has 0 spiro atoms. The minimum Gasteiger partial charge on any atom is -0.356 e. The van der Waals surface area contributed by atoms with E-state index in [0.29, 0.717) is 10.1 Å². The van der Waals surface area contributed by atoms with Gasteiger partial charge in [-0.3, -0.25) is 0 Å². The van der Waals surface area contributed by atoms with Crippen LogP contribution in [0.5, 0.6) is 0 Å². The van der Waals surface area contributed by atoms with E-state index in [1.807, 2.05) is 25.1 Å². The Morgan fingerprint density at radius 3 is 2.29 bits per heavy atom. The van der Waals surface area contributed by atoms with Crippen LogP contribution in [0.1, 0.15) is 50.4 Å². The summed E-state index contributed by atoms with van der Waals surface area (Å²) in [7, 11) is 0. The van der Waals surface area contributed by atoms with Crippen LogP contribution in [0, 0.1) is 6.92 Å². The zero-order valence-corrected chi connectivity index (χ0v) is 16.5. The number of halogens is 1. The highest BCUT2D eigenvalue weighted by Gasteiger charge is 2.14. The van der Waals surface area contributed by atoms with Crippen molar-refractivity contribution in [2.75, 3.05) is 5.32 Å². The lowest BCUT2D eigenvalue weighted by Crippen LogP contribution is -2.31. The quantitative estimate of drug-likeness (QED) is 0.657. The van der Waals surface area contributed by atoms with Crippen molar-refractivity contribution < 1.29 is 0 Å². The first-order valence-electron chi connectivity index (χ1n) is 8.11. The Labute approximate surface area is 155 Å². The Morgan fingerprint density at radius 1 is 1.08 bits per heavy atom. The molecule has 0 saturated heterocycles. The maximum absolute atomic E-state index is 6.05. The lowest BCUT2D eigenvalue weighted by molar-refractivity contribution is 0.589. The van der Waals surface area contributed by atoms with Crippen molar-refractivity contribution in [3.05, 3.63) is 64.2 Å². The minimum absolute atomic E-state index is 0.124. The highest BCUT2D eigenvalue weighted by Crippen LogP contribution is 2.24. The number of aryl methyl sites for hydroxylation is 1. The molecule has 0 aliphatic carbocycles. The van der Waals surface area contributed by atoms with Gasteiger partial charge in [-0.2, -0.15) is 0 Å². The second kappa shape index (κ2) is 7.54. The molecule has 0 amide bonds. The molecule has 0 bridgehead atoms. The molecule has 2 rings (SSSR count). The van der Waals surface area contributed by atoms with Gasteiger partial charge in [-0.25, -0.2) is 0 Å². The molecule has 0 aliphatic heterocycles. The Morgan fingerprint density at radius 2 is 1.71 bits per heavy atom. The molecule has 2 aromatic carbocycles. The topological polar surface area (TPSA) is 24.1 Å². The van der Waals surface area contributed by atoms with Crippen molar-refractivity contribution in [2.45, 2.75) is 46.1 Å². The second-order valence-corrected chi connectivity index (χ2v) is 8.00. The summed E-state index contributed by atoms with van der Waals surface area (Å²) in [6, 6.07) is 14.5. The summed E-state index contributed by atoms with van der Waals surface area (Å²) in [5.74, 6) is 0. The number of nitrogens with one attached hydrogen (secondary N) is 2. The molecule has 0 aliphatic rings. The summed E-state index contributed by atoms with van der Waals surface area (Å²) in [5.41, 5.74) is 4.72. The Hall–Kier alpha value is -1.58. The van der Waals surface area contributed by atoms with Crippen molar-refractivity contribution in [1.82, 2.24) is 5.32 Å². The molecule has 2 aromatic rings. The third kappa shape index (κ3) is 4.96. The van der Waals surface area contributed by atoms with E-state index in [2.05, 4.69) is 62.6 Å². The van der Waals surface area contributed by atoms with Crippen molar-refractivity contribution >= 4 is 34.6 Å². The van der Waals surface area contributed by atoms with Crippen molar-refractivity contribution in [3.8, 4) is 0 Å². The standard InChI is InChI=1S/C20H25ClN2S/c1-13-6-11-17(21)12-18(13)23-19(24)22-14(2)15-7-9-16(10-8-15)20(3,4)5/h6-12,14H,1-5H3,(H2,22,23,24). The van der Waals surface area contributed by atoms with E-state index in [9.17, 15) is 0 Å². The molecule has 0 radical (unpaired) electrons. The molecule has 0 aromatic heterocycles.